The Morgan fingerprint density at radius 3 is 2.94 bits per heavy atom. The summed E-state index contributed by atoms with van der Waals surface area (Å²) in [7, 11) is 0. The minimum absolute atomic E-state index is 0.437. The van der Waals surface area contributed by atoms with Crippen LogP contribution >= 0.6 is 11.6 Å². The maximum absolute atomic E-state index is 6.01. The first-order valence-corrected chi connectivity index (χ1v) is 5.50. The first-order valence-electron chi connectivity index (χ1n) is 5.12. The van der Waals surface area contributed by atoms with Crippen molar-refractivity contribution < 1.29 is 0 Å². The van der Waals surface area contributed by atoms with Crippen molar-refractivity contribution in [2.45, 2.75) is 6.42 Å². The molecule has 0 aliphatic carbocycles. The molecular formula is C12H16ClN3. The van der Waals surface area contributed by atoms with Crippen molar-refractivity contribution in [1.29, 1.82) is 0 Å². The predicted octanol–water partition coefficient (Wildman–Crippen LogP) is 1.97. The predicted molar refractivity (Wildman–Crippen MR) is 69.8 cm³/mol. The monoisotopic (exact) mass is 237 g/mol. The van der Waals surface area contributed by atoms with Crippen LogP contribution in [-0.2, 0) is 6.42 Å². The third kappa shape index (κ3) is 4.36. The van der Waals surface area contributed by atoms with E-state index in [2.05, 4.69) is 16.9 Å². The molecule has 86 valence electrons. The van der Waals surface area contributed by atoms with Gasteiger partial charge in [0.05, 0.1) is 0 Å². The molecule has 0 atom stereocenters. The topological polar surface area (TPSA) is 50.4 Å². The Balaban J connectivity index is 2.40. The molecule has 1 aromatic carbocycles. The number of benzene rings is 1. The number of nitrogens with two attached hydrogens (primary N) is 1. The molecule has 0 unspecified atom stereocenters. The van der Waals surface area contributed by atoms with Crippen LogP contribution in [-0.4, -0.2) is 19.0 Å². The van der Waals surface area contributed by atoms with Crippen LogP contribution < -0.4 is 11.1 Å². The van der Waals surface area contributed by atoms with Crippen LogP contribution in [0.15, 0.2) is 41.9 Å². The quantitative estimate of drug-likeness (QED) is 0.467. The lowest BCUT2D eigenvalue weighted by molar-refractivity contribution is 0.930. The van der Waals surface area contributed by atoms with Gasteiger partial charge in [0, 0.05) is 18.1 Å². The van der Waals surface area contributed by atoms with Gasteiger partial charge in [0.15, 0.2) is 5.96 Å². The molecule has 0 heterocycles. The zero-order valence-electron chi connectivity index (χ0n) is 9.12. The van der Waals surface area contributed by atoms with E-state index in [1.54, 1.807) is 6.08 Å². The second kappa shape index (κ2) is 6.90. The van der Waals surface area contributed by atoms with E-state index in [0.29, 0.717) is 19.0 Å². The van der Waals surface area contributed by atoms with Crippen LogP contribution in [0.2, 0.25) is 5.02 Å². The van der Waals surface area contributed by atoms with Gasteiger partial charge < -0.3 is 11.1 Å². The average Bonchev–Trinajstić information content (AvgIpc) is 2.29. The molecule has 0 amide bonds. The van der Waals surface area contributed by atoms with E-state index in [-0.39, 0.29) is 0 Å². The minimum atomic E-state index is 0.437. The van der Waals surface area contributed by atoms with E-state index in [4.69, 9.17) is 17.3 Å². The van der Waals surface area contributed by atoms with E-state index >= 15 is 0 Å². The zero-order chi connectivity index (χ0) is 11.8. The highest BCUT2D eigenvalue weighted by molar-refractivity contribution is 6.31. The smallest absolute Gasteiger partial charge is 0.188 e. The number of nitrogens with zero attached hydrogens (tertiary/aromatic N) is 1. The molecule has 0 bridgehead atoms. The number of nitrogens with one attached hydrogen (secondary N) is 1. The van der Waals surface area contributed by atoms with E-state index in [1.807, 2.05) is 24.3 Å². The van der Waals surface area contributed by atoms with Crippen LogP contribution in [0.1, 0.15) is 5.56 Å². The van der Waals surface area contributed by atoms with Gasteiger partial charge in [-0.1, -0.05) is 35.9 Å². The van der Waals surface area contributed by atoms with Gasteiger partial charge in [-0.2, -0.15) is 0 Å². The molecule has 16 heavy (non-hydrogen) atoms. The van der Waals surface area contributed by atoms with Crippen LogP contribution in [0.5, 0.6) is 0 Å². The molecule has 3 nitrogen and oxygen atoms in total. The fourth-order valence-corrected chi connectivity index (χ4v) is 1.46. The number of hydrogen-bond acceptors (Lipinski definition) is 1. The molecule has 0 saturated carbocycles. The highest BCUT2D eigenvalue weighted by Crippen LogP contribution is 2.15. The summed E-state index contributed by atoms with van der Waals surface area (Å²) in [5.41, 5.74) is 6.71. The summed E-state index contributed by atoms with van der Waals surface area (Å²) < 4.78 is 0. The van der Waals surface area contributed by atoms with Gasteiger partial charge in [-0.3, -0.25) is 4.99 Å². The molecular weight excluding hydrogens is 222 g/mol. The molecule has 0 aliphatic rings. The second-order valence-corrected chi connectivity index (χ2v) is 3.69. The number of halogens is 1. The number of rotatable bonds is 5. The Morgan fingerprint density at radius 1 is 1.50 bits per heavy atom. The van der Waals surface area contributed by atoms with E-state index in [9.17, 15) is 0 Å². The normalized spacial score (nSPS) is 11.2. The molecule has 0 aromatic heterocycles. The summed E-state index contributed by atoms with van der Waals surface area (Å²) in [5, 5.41) is 3.68. The third-order valence-corrected chi connectivity index (χ3v) is 2.42. The Kier molecular flexibility index (Phi) is 5.43. The highest BCUT2D eigenvalue weighted by Gasteiger charge is 1.97. The first-order chi connectivity index (χ1) is 7.74. The lowest BCUT2D eigenvalue weighted by Crippen LogP contribution is -2.31. The summed E-state index contributed by atoms with van der Waals surface area (Å²) >= 11 is 6.01. The average molecular weight is 238 g/mol. The van der Waals surface area contributed by atoms with E-state index < -0.39 is 0 Å². The number of hydrogen-bond donors (Lipinski definition) is 2. The van der Waals surface area contributed by atoms with Gasteiger partial charge >= 0.3 is 0 Å². The third-order valence-electron chi connectivity index (χ3n) is 2.05. The molecule has 0 spiro atoms. The standard InChI is InChI=1S/C12H16ClN3/c1-2-8-15-12(14)16-9-7-10-5-3-4-6-11(10)13/h2-6H,1,7-9H2,(H3,14,15,16). The number of aliphatic imine (C=N–C) groups is 1. The van der Waals surface area contributed by atoms with Gasteiger partial charge in [-0.15, -0.1) is 6.58 Å². The highest BCUT2D eigenvalue weighted by atomic mass is 35.5. The van der Waals surface area contributed by atoms with E-state index in [1.165, 1.54) is 0 Å². The zero-order valence-corrected chi connectivity index (χ0v) is 9.87. The van der Waals surface area contributed by atoms with Crippen LogP contribution in [0, 0.1) is 0 Å². The Bertz CT molecular complexity index is 374. The molecule has 0 aliphatic heterocycles. The molecule has 3 N–H and O–H groups in total. The maximum atomic E-state index is 6.01. The van der Waals surface area contributed by atoms with Gasteiger partial charge in [-0.25, -0.2) is 0 Å². The summed E-state index contributed by atoms with van der Waals surface area (Å²) in [4.78, 5) is 4.17. The minimum Gasteiger partial charge on any atom is -0.370 e. The number of guanidine groups is 1. The molecule has 0 fully saturated rings. The molecule has 1 aromatic rings. The molecule has 0 saturated heterocycles. The Labute approximate surface area is 101 Å². The van der Waals surface area contributed by atoms with Gasteiger partial charge in [0.1, 0.15) is 0 Å². The van der Waals surface area contributed by atoms with Crippen molar-refractivity contribution in [3.63, 3.8) is 0 Å². The summed E-state index contributed by atoms with van der Waals surface area (Å²) in [6.45, 7) is 4.83. The summed E-state index contributed by atoms with van der Waals surface area (Å²) in [6, 6.07) is 7.74. The van der Waals surface area contributed by atoms with Crippen molar-refractivity contribution in [3.05, 3.63) is 47.5 Å². The van der Waals surface area contributed by atoms with Crippen molar-refractivity contribution in [2.24, 2.45) is 10.7 Å². The summed E-state index contributed by atoms with van der Waals surface area (Å²) in [5.74, 6) is 0.437. The van der Waals surface area contributed by atoms with Crippen molar-refractivity contribution in [3.8, 4) is 0 Å². The van der Waals surface area contributed by atoms with E-state index in [0.717, 1.165) is 17.0 Å². The second-order valence-electron chi connectivity index (χ2n) is 3.28. The molecule has 0 radical (unpaired) electrons. The van der Waals surface area contributed by atoms with Crippen LogP contribution in [0.3, 0.4) is 0 Å². The molecule has 4 heteroatoms. The molecule has 1 rings (SSSR count). The fraction of sp³-hybridized carbons (Fsp3) is 0.250. The maximum Gasteiger partial charge on any atom is 0.188 e. The lowest BCUT2D eigenvalue weighted by atomic mass is 10.1. The van der Waals surface area contributed by atoms with Crippen LogP contribution in [0.4, 0.5) is 0 Å². The first kappa shape index (κ1) is 12.6. The van der Waals surface area contributed by atoms with Crippen molar-refractivity contribution >= 4 is 17.6 Å². The largest absolute Gasteiger partial charge is 0.370 e. The SMILES string of the molecule is C=CCNC(N)=NCCc1ccccc1Cl. The van der Waals surface area contributed by atoms with Crippen molar-refractivity contribution in [2.75, 3.05) is 13.1 Å². The van der Waals surface area contributed by atoms with Crippen molar-refractivity contribution in [1.82, 2.24) is 5.32 Å². The lowest BCUT2D eigenvalue weighted by Gasteiger charge is -2.03. The van der Waals surface area contributed by atoms with Crippen LogP contribution in [0.25, 0.3) is 0 Å². The fourth-order valence-electron chi connectivity index (χ4n) is 1.23. The Morgan fingerprint density at radius 2 is 2.25 bits per heavy atom. The van der Waals surface area contributed by atoms with Gasteiger partial charge in [0.2, 0.25) is 0 Å². The van der Waals surface area contributed by atoms with Gasteiger partial charge in [0.25, 0.3) is 0 Å². The Hall–Kier alpha value is -1.48. The van der Waals surface area contributed by atoms with Gasteiger partial charge in [-0.05, 0) is 18.1 Å². The summed E-state index contributed by atoms with van der Waals surface area (Å²) in [6.07, 6.45) is 2.52.